The number of alkyl halides is 3. The van der Waals surface area contributed by atoms with Gasteiger partial charge in [-0.2, -0.15) is 0 Å². The fourth-order valence-corrected chi connectivity index (χ4v) is 3.01. The Labute approximate surface area is 149 Å². The lowest BCUT2D eigenvalue weighted by molar-refractivity contribution is -0.274. The summed E-state index contributed by atoms with van der Waals surface area (Å²) in [6, 6.07) is 5.01. The molecule has 0 aromatic heterocycles. The average Bonchev–Trinajstić information content (AvgIpc) is 2.50. The number of rotatable bonds is 10. The van der Waals surface area contributed by atoms with Crippen molar-refractivity contribution in [3.63, 3.8) is 0 Å². The molecular formula is C15H21F3NO6P. The van der Waals surface area contributed by atoms with Gasteiger partial charge in [0.05, 0.1) is 12.8 Å². The fourth-order valence-electron chi connectivity index (χ4n) is 1.93. The first kappa shape index (κ1) is 22.4. The second-order valence-electron chi connectivity index (χ2n) is 5.22. The third-order valence-corrected chi connectivity index (χ3v) is 4.57. The predicted molar refractivity (Wildman–Crippen MR) is 86.2 cm³/mol. The number of nitrogens with zero attached hydrogens (tertiary/aromatic N) is 1. The summed E-state index contributed by atoms with van der Waals surface area (Å²) in [5, 5.41) is 1.02. The first-order valence-electron chi connectivity index (χ1n) is 7.74. The summed E-state index contributed by atoms with van der Waals surface area (Å²) in [5.74, 6) is -0.773. The molecule has 1 aromatic carbocycles. The van der Waals surface area contributed by atoms with Gasteiger partial charge in [-0.1, -0.05) is 12.1 Å². The van der Waals surface area contributed by atoms with Crippen molar-refractivity contribution < 1.29 is 41.5 Å². The fraction of sp³-hybridized carbons (Fsp3) is 0.533. The molecule has 0 spiro atoms. The summed E-state index contributed by atoms with van der Waals surface area (Å²) in [6.45, 7) is 2.98. The van der Waals surface area contributed by atoms with Gasteiger partial charge in [0, 0.05) is 13.5 Å². The number of amides is 1. The van der Waals surface area contributed by atoms with Crippen molar-refractivity contribution >= 4 is 13.5 Å². The minimum Gasteiger partial charge on any atom is -0.406 e. The topological polar surface area (TPSA) is 85.3 Å². The highest BCUT2D eigenvalue weighted by Crippen LogP contribution is 2.42. The predicted octanol–water partition coefficient (Wildman–Crippen LogP) is 3.48. The van der Waals surface area contributed by atoms with Crippen LogP contribution in [0.1, 0.15) is 25.8 Å². The largest absolute Gasteiger partial charge is 0.573 e. The molecule has 0 heterocycles. The molecule has 0 fully saturated rings. The zero-order valence-corrected chi connectivity index (χ0v) is 15.3. The summed E-state index contributed by atoms with van der Waals surface area (Å²) in [5.41, 5.74) is 0.521. The monoisotopic (exact) mass is 399 g/mol. The molecule has 1 N–H and O–H groups in total. The minimum atomic E-state index is -4.77. The van der Waals surface area contributed by atoms with Gasteiger partial charge in [0.2, 0.25) is 5.91 Å². The molecule has 1 unspecified atom stereocenters. The summed E-state index contributed by atoms with van der Waals surface area (Å²) >= 11 is 0. The summed E-state index contributed by atoms with van der Waals surface area (Å²) < 4.78 is 56.3. The normalized spacial score (nSPS) is 13.9. The number of hydrogen-bond donors (Lipinski definition) is 1. The van der Waals surface area contributed by atoms with Gasteiger partial charge in [-0.3, -0.25) is 14.2 Å². The summed E-state index contributed by atoms with van der Waals surface area (Å²) in [6.07, 6.45) is -4.71. The molecule has 0 aliphatic heterocycles. The van der Waals surface area contributed by atoms with E-state index in [1.165, 1.54) is 19.1 Å². The van der Waals surface area contributed by atoms with Crippen LogP contribution in [0.2, 0.25) is 0 Å². The Balaban J connectivity index is 2.50. The van der Waals surface area contributed by atoms with E-state index in [-0.39, 0.29) is 38.1 Å². The number of benzene rings is 1. The van der Waals surface area contributed by atoms with Gasteiger partial charge < -0.3 is 14.2 Å². The Morgan fingerprint density at radius 2 is 1.88 bits per heavy atom. The van der Waals surface area contributed by atoms with E-state index in [9.17, 15) is 27.4 Å². The summed E-state index contributed by atoms with van der Waals surface area (Å²) in [7, 11) is -3.68. The Kier molecular flexibility index (Phi) is 8.55. The third-order valence-electron chi connectivity index (χ3n) is 3.03. The smallest absolute Gasteiger partial charge is 0.406 e. The van der Waals surface area contributed by atoms with E-state index in [0.717, 1.165) is 17.2 Å². The number of hydroxylamine groups is 2. The van der Waals surface area contributed by atoms with E-state index in [2.05, 4.69) is 4.74 Å². The molecule has 1 rings (SSSR count). The molecule has 26 heavy (non-hydrogen) atoms. The second-order valence-corrected chi connectivity index (χ2v) is 7.20. The average molecular weight is 399 g/mol. The molecule has 1 aromatic rings. The van der Waals surface area contributed by atoms with Gasteiger partial charge >= 0.3 is 14.0 Å². The number of carbonyl (C=O) groups excluding carboxylic acids is 1. The van der Waals surface area contributed by atoms with E-state index >= 15 is 0 Å². The SMILES string of the molecule is CCOP(=O)(O)CCCN(OCc1ccc(OC(F)(F)F)cc1)C(C)=O. The van der Waals surface area contributed by atoms with E-state index in [0.29, 0.717) is 5.56 Å². The van der Waals surface area contributed by atoms with Crippen molar-refractivity contribution in [1.82, 2.24) is 5.06 Å². The number of halogens is 3. The van der Waals surface area contributed by atoms with Crippen LogP contribution in [0, 0.1) is 0 Å². The van der Waals surface area contributed by atoms with Gasteiger partial charge in [0.25, 0.3) is 0 Å². The van der Waals surface area contributed by atoms with Crippen molar-refractivity contribution in [1.29, 1.82) is 0 Å². The van der Waals surface area contributed by atoms with Crippen LogP contribution in [-0.2, 0) is 25.3 Å². The van der Waals surface area contributed by atoms with Crippen LogP contribution in [0.15, 0.2) is 24.3 Å². The molecule has 1 amide bonds. The van der Waals surface area contributed by atoms with Gasteiger partial charge in [-0.25, -0.2) is 5.06 Å². The summed E-state index contributed by atoms with van der Waals surface area (Å²) in [4.78, 5) is 26.3. The first-order chi connectivity index (χ1) is 12.0. The van der Waals surface area contributed by atoms with Gasteiger partial charge in [-0.05, 0) is 31.0 Å². The molecule has 0 aliphatic rings. The van der Waals surface area contributed by atoms with Crippen LogP contribution in [0.25, 0.3) is 0 Å². The molecule has 0 radical (unpaired) electrons. The molecule has 1 atom stereocenters. The number of carbonyl (C=O) groups is 1. The van der Waals surface area contributed by atoms with E-state index < -0.39 is 19.9 Å². The molecule has 148 valence electrons. The van der Waals surface area contributed by atoms with E-state index in [1.54, 1.807) is 6.92 Å². The Hall–Kier alpha value is -1.61. The molecule has 11 heteroatoms. The van der Waals surface area contributed by atoms with Crippen molar-refractivity contribution in [2.75, 3.05) is 19.3 Å². The van der Waals surface area contributed by atoms with Crippen LogP contribution in [0.4, 0.5) is 13.2 Å². The van der Waals surface area contributed by atoms with Crippen LogP contribution in [0.5, 0.6) is 5.75 Å². The maximum atomic E-state index is 12.1. The molecule has 0 saturated heterocycles. The molecular weight excluding hydrogens is 378 g/mol. The first-order valence-corrected chi connectivity index (χ1v) is 9.51. The highest BCUT2D eigenvalue weighted by Gasteiger charge is 2.31. The highest BCUT2D eigenvalue weighted by molar-refractivity contribution is 7.52. The van der Waals surface area contributed by atoms with Gasteiger partial charge in [0.1, 0.15) is 12.4 Å². The lowest BCUT2D eigenvalue weighted by Gasteiger charge is -2.21. The Bertz CT molecular complexity index is 623. The lowest BCUT2D eigenvalue weighted by atomic mass is 10.2. The zero-order valence-electron chi connectivity index (χ0n) is 14.4. The minimum absolute atomic E-state index is 0.0614. The molecule has 0 bridgehead atoms. The highest BCUT2D eigenvalue weighted by atomic mass is 31.2. The number of hydrogen-bond acceptors (Lipinski definition) is 5. The maximum absolute atomic E-state index is 12.1. The van der Waals surface area contributed by atoms with Crippen LogP contribution < -0.4 is 4.74 Å². The Morgan fingerprint density at radius 3 is 2.38 bits per heavy atom. The van der Waals surface area contributed by atoms with Gasteiger partial charge in [-0.15, -0.1) is 13.2 Å². The lowest BCUT2D eigenvalue weighted by Crippen LogP contribution is -2.30. The second kappa shape index (κ2) is 9.91. The van der Waals surface area contributed by atoms with Crippen LogP contribution in [-0.4, -0.2) is 41.5 Å². The standard InChI is InChI=1S/C15H21F3NO6P/c1-3-24-26(21,22)10-4-9-19(12(2)20)23-11-13-5-7-14(8-6-13)25-15(16,17)18/h5-8H,3-4,9-11H2,1-2H3,(H,21,22). The quantitative estimate of drug-likeness (QED) is 0.479. The number of ether oxygens (including phenoxy) is 1. The third kappa shape index (κ3) is 9.19. The zero-order chi connectivity index (χ0) is 19.8. The molecule has 7 nitrogen and oxygen atoms in total. The molecule has 0 saturated carbocycles. The van der Waals surface area contributed by atoms with Crippen molar-refractivity contribution in [2.45, 2.75) is 33.2 Å². The Morgan fingerprint density at radius 1 is 1.27 bits per heavy atom. The van der Waals surface area contributed by atoms with E-state index in [4.69, 9.17) is 9.36 Å². The van der Waals surface area contributed by atoms with Gasteiger partial charge in [0.15, 0.2) is 0 Å². The van der Waals surface area contributed by atoms with Crippen LogP contribution >= 0.6 is 7.60 Å². The van der Waals surface area contributed by atoms with Crippen molar-refractivity contribution in [3.8, 4) is 5.75 Å². The van der Waals surface area contributed by atoms with Crippen molar-refractivity contribution in [2.24, 2.45) is 0 Å². The van der Waals surface area contributed by atoms with E-state index in [1.807, 2.05) is 0 Å². The molecule has 0 aliphatic carbocycles. The van der Waals surface area contributed by atoms with Crippen LogP contribution in [0.3, 0.4) is 0 Å². The maximum Gasteiger partial charge on any atom is 0.573 e. The van der Waals surface area contributed by atoms with Crippen molar-refractivity contribution in [3.05, 3.63) is 29.8 Å².